The van der Waals surface area contributed by atoms with E-state index in [-0.39, 0.29) is 5.60 Å². The maximum atomic E-state index is 5.75. The van der Waals surface area contributed by atoms with Gasteiger partial charge in [-0.05, 0) is 33.6 Å². The summed E-state index contributed by atoms with van der Waals surface area (Å²) >= 11 is 0. The van der Waals surface area contributed by atoms with Crippen LogP contribution in [0.4, 0.5) is 0 Å². The second-order valence-electron chi connectivity index (χ2n) is 4.79. The van der Waals surface area contributed by atoms with Crippen molar-refractivity contribution in [2.75, 3.05) is 13.7 Å². The largest absolute Gasteiger partial charge is 0.374 e. The average Bonchev–Trinajstić information content (AvgIpc) is 2.29. The smallest absolute Gasteiger partial charge is 0.0677 e. The molecule has 1 aliphatic heterocycles. The molecule has 1 saturated heterocycles. The van der Waals surface area contributed by atoms with Crippen LogP contribution in [0.1, 0.15) is 33.6 Å². The van der Waals surface area contributed by atoms with Gasteiger partial charge in [-0.15, -0.1) is 0 Å². The first-order valence-electron chi connectivity index (χ1n) is 4.95. The lowest BCUT2D eigenvalue weighted by Gasteiger charge is -2.27. The standard InChI is InChI=1S/C11H21NO/c1-9-6-7-10(12(9)5)8-13-11(2,3)4/h10H,1,6-8H2,2-5H3. The molecule has 1 atom stereocenters. The molecule has 0 aromatic rings. The number of likely N-dealkylation sites (tertiary alicyclic amines) is 1. The van der Waals surface area contributed by atoms with Gasteiger partial charge in [0.15, 0.2) is 0 Å². The van der Waals surface area contributed by atoms with Gasteiger partial charge in [-0.2, -0.15) is 0 Å². The minimum Gasteiger partial charge on any atom is -0.374 e. The van der Waals surface area contributed by atoms with Gasteiger partial charge in [0.1, 0.15) is 0 Å². The van der Waals surface area contributed by atoms with Gasteiger partial charge >= 0.3 is 0 Å². The van der Waals surface area contributed by atoms with E-state index in [1.165, 1.54) is 12.1 Å². The quantitative estimate of drug-likeness (QED) is 0.652. The molecule has 13 heavy (non-hydrogen) atoms. The van der Waals surface area contributed by atoms with Gasteiger partial charge < -0.3 is 9.64 Å². The lowest BCUT2D eigenvalue weighted by atomic mass is 10.2. The minimum atomic E-state index is -0.0231. The topological polar surface area (TPSA) is 12.5 Å². The Labute approximate surface area is 81.6 Å². The first-order valence-corrected chi connectivity index (χ1v) is 4.95. The summed E-state index contributed by atoms with van der Waals surface area (Å²) in [5.41, 5.74) is 1.22. The highest BCUT2D eigenvalue weighted by Gasteiger charge is 2.25. The molecule has 0 aromatic carbocycles. The van der Waals surface area contributed by atoms with Crippen LogP contribution >= 0.6 is 0 Å². The number of likely N-dealkylation sites (N-methyl/N-ethyl adjacent to an activating group) is 1. The summed E-state index contributed by atoms with van der Waals surface area (Å²) in [5.74, 6) is 0. The number of hydrogen-bond acceptors (Lipinski definition) is 2. The Hall–Kier alpha value is -0.500. The Bertz CT molecular complexity index is 193. The molecule has 76 valence electrons. The highest BCUT2D eigenvalue weighted by Crippen LogP contribution is 2.24. The average molecular weight is 183 g/mol. The summed E-state index contributed by atoms with van der Waals surface area (Å²) in [6.07, 6.45) is 2.31. The predicted molar refractivity (Wildman–Crippen MR) is 55.6 cm³/mol. The van der Waals surface area contributed by atoms with E-state index < -0.39 is 0 Å². The van der Waals surface area contributed by atoms with Gasteiger partial charge in [0, 0.05) is 12.7 Å². The van der Waals surface area contributed by atoms with Crippen molar-refractivity contribution in [2.24, 2.45) is 0 Å². The van der Waals surface area contributed by atoms with Crippen LogP contribution in [0.3, 0.4) is 0 Å². The first kappa shape index (κ1) is 10.6. The summed E-state index contributed by atoms with van der Waals surface area (Å²) in [4.78, 5) is 2.24. The first-order chi connectivity index (χ1) is 5.90. The van der Waals surface area contributed by atoms with Crippen molar-refractivity contribution < 1.29 is 4.74 Å². The molecule has 0 bridgehead atoms. The van der Waals surface area contributed by atoms with E-state index in [4.69, 9.17) is 4.74 Å². The van der Waals surface area contributed by atoms with Crippen LogP contribution in [0, 0.1) is 0 Å². The van der Waals surface area contributed by atoms with Crippen LogP contribution in [-0.4, -0.2) is 30.2 Å². The zero-order valence-corrected chi connectivity index (χ0v) is 9.26. The van der Waals surface area contributed by atoms with Crippen LogP contribution in [0.15, 0.2) is 12.3 Å². The van der Waals surface area contributed by atoms with Crippen LogP contribution in [-0.2, 0) is 4.74 Å². The third kappa shape index (κ3) is 3.03. The number of hydrogen-bond donors (Lipinski definition) is 0. The SMILES string of the molecule is C=C1CCC(COC(C)(C)C)N1C. The Kier molecular flexibility index (Phi) is 3.01. The molecule has 1 fully saturated rings. The van der Waals surface area contributed by atoms with Crippen molar-refractivity contribution in [3.05, 3.63) is 12.3 Å². The summed E-state index contributed by atoms with van der Waals surface area (Å²) in [6, 6.07) is 0.534. The molecule has 1 heterocycles. The van der Waals surface area contributed by atoms with Crippen molar-refractivity contribution in [3.63, 3.8) is 0 Å². The second kappa shape index (κ2) is 3.70. The Balaban J connectivity index is 2.35. The molecule has 2 nitrogen and oxygen atoms in total. The molecule has 1 unspecified atom stereocenters. The molecule has 0 spiro atoms. The number of nitrogens with zero attached hydrogens (tertiary/aromatic N) is 1. The van der Waals surface area contributed by atoms with Gasteiger partial charge in [-0.3, -0.25) is 0 Å². The molecule has 2 heteroatoms. The Morgan fingerprint density at radius 1 is 1.54 bits per heavy atom. The van der Waals surface area contributed by atoms with Crippen LogP contribution in [0.2, 0.25) is 0 Å². The van der Waals surface area contributed by atoms with Crippen LogP contribution in [0.25, 0.3) is 0 Å². The lowest BCUT2D eigenvalue weighted by Crippen LogP contribution is -2.32. The summed E-state index contributed by atoms with van der Waals surface area (Å²) in [6.45, 7) is 11.1. The lowest BCUT2D eigenvalue weighted by molar-refractivity contribution is -0.0233. The fraction of sp³-hybridized carbons (Fsp3) is 0.818. The molecular weight excluding hydrogens is 162 g/mol. The molecule has 0 saturated carbocycles. The van der Waals surface area contributed by atoms with Gasteiger partial charge in [-0.1, -0.05) is 6.58 Å². The van der Waals surface area contributed by atoms with Crippen molar-refractivity contribution >= 4 is 0 Å². The zero-order chi connectivity index (χ0) is 10.1. The maximum absolute atomic E-state index is 5.75. The van der Waals surface area contributed by atoms with Gasteiger partial charge in [0.05, 0.1) is 18.2 Å². The van der Waals surface area contributed by atoms with E-state index in [2.05, 4.69) is 39.3 Å². The predicted octanol–water partition coefficient (Wildman–Crippen LogP) is 2.41. The van der Waals surface area contributed by atoms with Gasteiger partial charge in [0.25, 0.3) is 0 Å². The molecule has 0 radical (unpaired) electrons. The van der Waals surface area contributed by atoms with Gasteiger partial charge in [0.2, 0.25) is 0 Å². The van der Waals surface area contributed by atoms with E-state index in [0.29, 0.717) is 6.04 Å². The van der Waals surface area contributed by atoms with Gasteiger partial charge in [-0.25, -0.2) is 0 Å². The molecule has 0 aliphatic carbocycles. The zero-order valence-electron chi connectivity index (χ0n) is 9.26. The number of ether oxygens (including phenoxy) is 1. The fourth-order valence-electron chi connectivity index (χ4n) is 1.50. The molecule has 1 aliphatic rings. The van der Waals surface area contributed by atoms with Crippen LogP contribution in [0.5, 0.6) is 0 Å². The third-order valence-electron chi connectivity index (χ3n) is 2.52. The monoisotopic (exact) mass is 183 g/mol. The fourth-order valence-corrected chi connectivity index (χ4v) is 1.50. The van der Waals surface area contributed by atoms with E-state index in [1.54, 1.807) is 0 Å². The molecule has 1 rings (SSSR count). The molecule has 0 aromatic heterocycles. The van der Waals surface area contributed by atoms with Crippen molar-refractivity contribution in [1.29, 1.82) is 0 Å². The van der Waals surface area contributed by atoms with Crippen molar-refractivity contribution in [1.82, 2.24) is 4.90 Å². The highest BCUT2D eigenvalue weighted by atomic mass is 16.5. The van der Waals surface area contributed by atoms with E-state index in [0.717, 1.165) is 13.0 Å². The van der Waals surface area contributed by atoms with E-state index in [1.807, 2.05) is 0 Å². The van der Waals surface area contributed by atoms with Crippen molar-refractivity contribution in [2.45, 2.75) is 45.3 Å². The van der Waals surface area contributed by atoms with E-state index >= 15 is 0 Å². The normalized spacial score (nSPS) is 24.2. The summed E-state index contributed by atoms with van der Waals surface area (Å²) in [7, 11) is 2.10. The summed E-state index contributed by atoms with van der Waals surface area (Å²) < 4.78 is 5.75. The highest BCUT2D eigenvalue weighted by molar-refractivity contribution is 5.02. The molecule has 0 N–H and O–H groups in total. The second-order valence-corrected chi connectivity index (χ2v) is 4.79. The van der Waals surface area contributed by atoms with Crippen molar-refractivity contribution in [3.8, 4) is 0 Å². The maximum Gasteiger partial charge on any atom is 0.0677 e. The Morgan fingerprint density at radius 2 is 2.15 bits per heavy atom. The minimum absolute atomic E-state index is 0.0231. The number of rotatable bonds is 2. The number of allylic oxidation sites excluding steroid dienone is 1. The molecule has 0 amide bonds. The van der Waals surface area contributed by atoms with E-state index in [9.17, 15) is 0 Å². The summed E-state index contributed by atoms with van der Waals surface area (Å²) in [5, 5.41) is 0. The Morgan fingerprint density at radius 3 is 2.54 bits per heavy atom. The molecular formula is C11H21NO. The third-order valence-corrected chi connectivity index (χ3v) is 2.52. The van der Waals surface area contributed by atoms with Crippen LogP contribution < -0.4 is 0 Å².